The van der Waals surface area contributed by atoms with Crippen molar-refractivity contribution < 1.29 is 9.47 Å². The van der Waals surface area contributed by atoms with Gasteiger partial charge >= 0.3 is 0 Å². The molecular formula is C23H26N8O2. The van der Waals surface area contributed by atoms with Crippen molar-refractivity contribution >= 4 is 34.2 Å². The molecule has 33 heavy (non-hydrogen) atoms. The third-order valence-electron chi connectivity index (χ3n) is 5.92. The summed E-state index contributed by atoms with van der Waals surface area (Å²) in [7, 11) is 5.81. The first-order valence-corrected chi connectivity index (χ1v) is 10.7. The molecular weight excluding hydrogens is 420 g/mol. The first-order chi connectivity index (χ1) is 16.0. The van der Waals surface area contributed by atoms with Crippen LogP contribution in [-0.4, -0.2) is 63.1 Å². The van der Waals surface area contributed by atoms with E-state index in [1.54, 1.807) is 31.8 Å². The molecule has 1 aliphatic rings. The van der Waals surface area contributed by atoms with E-state index >= 15 is 0 Å². The smallest absolute Gasteiger partial charge is 0.229 e. The molecule has 10 heteroatoms. The number of anilines is 4. The third-order valence-corrected chi connectivity index (χ3v) is 5.92. The van der Waals surface area contributed by atoms with Crippen LogP contribution in [-0.2, 0) is 4.74 Å². The van der Waals surface area contributed by atoms with Crippen molar-refractivity contribution in [3.8, 4) is 5.75 Å². The Morgan fingerprint density at radius 3 is 2.61 bits per heavy atom. The highest BCUT2D eigenvalue weighted by molar-refractivity contribution is 5.78. The summed E-state index contributed by atoms with van der Waals surface area (Å²) in [6.07, 6.45) is 6.98. The second kappa shape index (κ2) is 8.64. The van der Waals surface area contributed by atoms with Crippen molar-refractivity contribution in [1.82, 2.24) is 30.0 Å². The van der Waals surface area contributed by atoms with Gasteiger partial charge < -0.3 is 20.1 Å². The van der Waals surface area contributed by atoms with Gasteiger partial charge in [0, 0.05) is 37.2 Å². The summed E-state index contributed by atoms with van der Waals surface area (Å²) in [6.45, 7) is 0. The average molecular weight is 447 g/mol. The lowest BCUT2D eigenvalue weighted by atomic mass is 9.83. The summed E-state index contributed by atoms with van der Waals surface area (Å²) in [6, 6.07) is 11.5. The number of ether oxygens (including phenoxy) is 2. The van der Waals surface area contributed by atoms with Gasteiger partial charge in [0.2, 0.25) is 5.95 Å². The quantitative estimate of drug-likeness (QED) is 0.349. The lowest BCUT2D eigenvalue weighted by molar-refractivity contribution is -0.204. The zero-order valence-corrected chi connectivity index (χ0v) is 18.7. The van der Waals surface area contributed by atoms with Gasteiger partial charge in [0.25, 0.3) is 0 Å². The van der Waals surface area contributed by atoms with Crippen molar-refractivity contribution in [2.24, 2.45) is 0 Å². The highest BCUT2D eigenvalue weighted by atomic mass is 16.5. The highest BCUT2D eigenvalue weighted by Crippen LogP contribution is 2.39. The molecule has 0 saturated heterocycles. The molecule has 5 rings (SSSR count). The Labute approximate surface area is 191 Å². The molecule has 3 aromatic heterocycles. The van der Waals surface area contributed by atoms with Crippen LogP contribution in [0.1, 0.15) is 12.8 Å². The minimum absolute atomic E-state index is 0.146. The Balaban J connectivity index is 1.19. The van der Waals surface area contributed by atoms with E-state index in [0.29, 0.717) is 11.8 Å². The van der Waals surface area contributed by atoms with Crippen LogP contribution in [0, 0.1) is 0 Å². The number of hydrogen-bond donors (Lipinski definition) is 3. The lowest BCUT2D eigenvalue weighted by Crippen LogP contribution is -2.59. The standard InChI is InChI=1S/C23H26N8O2/c1-31(2)23(32-3)11-19(12-23)33-18-6-4-16(5-7-18)28-22-24-9-8-20(29-22)27-17-10-15-13-26-30-21(15)25-14-17/h4-10,13-14,19H,11-12H2,1-3H3,(H,25,26,30)(H2,24,27,28,29). The van der Waals surface area contributed by atoms with Gasteiger partial charge in [-0.25, -0.2) is 9.97 Å². The minimum atomic E-state index is -0.219. The van der Waals surface area contributed by atoms with Gasteiger partial charge in [-0.05, 0) is 50.5 Å². The fourth-order valence-electron chi connectivity index (χ4n) is 3.93. The maximum absolute atomic E-state index is 6.08. The van der Waals surface area contributed by atoms with Crippen LogP contribution in [0.25, 0.3) is 11.0 Å². The van der Waals surface area contributed by atoms with Gasteiger partial charge in [-0.2, -0.15) is 10.1 Å². The first kappa shape index (κ1) is 21.1. The molecule has 0 aliphatic heterocycles. The van der Waals surface area contributed by atoms with Gasteiger partial charge in [0.05, 0.1) is 18.1 Å². The zero-order chi connectivity index (χ0) is 22.8. The maximum atomic E-state index is 6.08. The van der Waals surface area contributed by atoms with Gasteiger partial charge in [0.1, 0.15) is 23.4 Å². The molecule has 3 N–H and O–H groups in total. The monoisotopic (exact) mass is 446 g/mol. The number of H-pyrrole nitrogens is 1. The van der Waals surface area contributed by atoms with Crippen LogP contribution in [0.5, 0.6) is 5.75 Å². The normalized spacial score (nSPS) is 19.9. The summed E-state index contributed by atoms with van der Waals surface area (Å²) >= 11 is 0. The Morgan fingerprint density at radius 1 is 1.03 bits per heavy atom. The Kier molecular flexibility index (Phi) is 5.53. The van der Waals surface area contributed by atoms with Gasteiger partial charge in [0.15, 0.2) is 5.65 Å². The van der Waals surface area contributed by atoms with Crippen LogP contribution in [0.3, 0.4) is 0 Å². The summed E-state index contributed by atoms with van der Waals surface area (Å²) in [5.74, 6) is 1.97. The first-order valence-electron chi connectivity index (χ1n) is 10.7. The van der Waals surface area contributed by atoms with Crippen LogP contribution >= 0.6 is 0 Å². The second-order valence-corrected chi connectivity index (χ2v) is 8.26. The molecule has 10 nitrogen and oxygen atoms in total. The number of rotatable bonds is 8. The van der Waals surface area contributed by atoms with Gasteiger partial charge in [-0.15, -0.1) is 0 Å². The molecule has 1 fully saturated rings. The zero-order valence-electron chi connectivity index (χ0n) is 18.7. The van der Waals surface area contributed by atoms with E-state index < -0.39 is 0 Å². The SMILES string of the molecule is COC1(N(C)C)CC(Oc2ccc(Nc3nccc(Nc4cnc5[nH]ncc5c4)n3)cc2)C1. The number of nitrogens with one attached hydrogen (secondary N) is 3. The number of aromatic amines is 1. The Hall–Kier alpha value is -3.76. The van der Waals surface area contributed by atoms with Crippen molar-refractivity contribution in [3.63, 3.8) is 0 Å². The largest absolute Gasteiger partial charge is 0.490 e. The molecule has 1 saturated carbocycles. The molecule has 1 aliphatic carbocycles. The summed E-state index contributed by atoms with van der Waals surface area (Å²) in [5.41, 5.74) is 2.21. The van der Waals surface area contributed by atoms with Crippen LogP contribution < -0.4 is 15.4 Å². The Bertz CT molecular complexity index is 1230. The number of fused-ring (bicyclic) bond motifs is 1. The number of aromatic nitrogens is 5. The van der Waals surface area contributed by atoms with E-state index in [9.17, 15) is 0 Å². The molecule has 0 spiro atoms. The van der Waals surface area contributed by atoms with Crippen molar-refractivity contribution in [2.45, 2.75) is 24.7 Å². The number of nitrogens with zero attached hydrogens (tertiary/aromatic N) is 5. The molecule has 0 bridgehead atoms. The van der Waals surface area contributed by atoms with Crippen LogP contribution in [0.2, 0.25) is 0 Å². The molecule has 1 aromatic carbocycles. The van der Waals surface area contributed by atoms with Gasteiger partial charge in [-0.1, -0.05) is 0 Å². The van der Waals surface area contributed by atoms with E-state index in [1.165, 1.54) is 0 Å². The predicted molar refractivity (Wildman–Crippen MR) is 126 cm³/mol. The average Bonchev–Trinajstić information content (AvgIpc) is 3.25. The van der Waals surface area contributed by atoms with E-state index in [1.807, 2.05) is 44.4 Å². The van der Waals surface area contributed by atoms with E-state index in [4.69, 9.17) is 9.47 Å². The molecule has 3 heterocycles. The summed E-state index contributed by atoms with van der Waals surface area (Å²) in [5, 5.41) is 14.2. The molecule has 0 amide bonds. The van der Waals surface area contributed by atoms with Crippen molar-refractivity contribution in [1.29, 1.82) is 0 Å². The van der Waals surface area contributed by atoms with Crippen LogP contribution in [0.15, 0.2) is 55.0 Å². The Morgan fingerprint density at radius 2 is 1.85 bits per heavy atom. The molecule has 0 atom stereocenters. The number of hydrogen-bond acceptors (Lipinski definition) is 9. The van der Waals surface area contributed by atoms with Crippen LogP contribution in [0.4, 0.5) is 23.1 Å². The fourth-order valence-corrected chi connectivity index (χ4v) is 3.93. The molecule has 0 radical (unpaired) electrons. The van der Waals surface area contributed by atoms with E-state index in [2.05, 4.69) is 40.7 Å². The molecule has 170 valence electrons. The van der Waals surface area contributed by atoms with E-state index in [0.717, 1.165) is 41.0 Å². The van der Waals surface area contributed by atoms with Crippen molar-refractivity contribution in [3.05, 3.63) is 55.0 Å². The number of benzene rings is 1. The van der Waals surface area contributed by atoms with Gasteiger partial charge in [-0.3, -0.25) is 10.00 Å². The third kappa shape index (κ3) is 4.43. The fraction of sp³-hybridized carbons (Fsp3) is 0.304. The predicted octanol–water partition coefficient (Wildman–Crippen LogP) is 3.68. The molecule has 4 aromatic rings. The topological polar surface area (TPSA) is 113 Å². The second-order valence-electron chi connectivity index (χ2n) is 8.26. The van der Waals surface area contributed by atoms with E-state index in [-0.39, 0.29) is 11.8 Å². The minimum Gasteiger partial charge on any atom is -0.490 e. The number of pyridine rings is 1. The lowest BCUT2D eigenvalue weighted by Gasteiger charge is -2.50. The molecule has 0 unspecified atom stereocenters. The highest BCUT2D eigenvalue weighted by Gasteiger charge is 2.48. The maximum Gasteiger partial charge on any atom is 0.229 e. The number of methoxy groups -OCH3 is 1. The summed E-state index contributed by atoms with van der Waals surface area (Å²) < 4.78 is 11.7. The summed E-state index contributed by atoms with van der Waals surface area (Å²) in [4.78, 5) is 15.3. The van der Waals surface area contributed by atoms with Crippen molar-refractivity contribution in [2.75, 3.05) is 31.8 Å².